The van der Waals surface area contributed by atoms with Gasteiger partial charge in [-0.3, -0.25) is 0 Å². The van der Waals surface area contributed by atoms with E-state index >= 15 is 0 Å². The van der Waals surface area contributed by atoms with E-state index in [2.05, 4.69) is 0 Å². The molecule has 0 amide bonds. The molecular formula is C10H16FN. The van der Waals surface area contributed by atoms with Gasteiger partial charge in [0.15, 0.2) is 0 Å². The van der Waals surface area contributed by atoms with Crippen molar-refractivity contribution in [2.24, 2.45) is 17.6 Å². The normalized spacial score (nSPS) is 62.5. The van der Waals surface area contributed by atoms with E-state index in [1.807, 2.05) is 0 Å². The molecule has 4 saturated carbocycles. The van der Waals surface area contributed by atoms with E-state index in [1.165, 1.54) is 6.42 Å². The van der Waals surface area contributed by atoms with E-state index in [9.17, 15) is 4.39 Å². The van der Waals surface area contributed by atoms with Crippen LogP contribution in [0.15, 0.2) is 0 Å². The molecule has 0 aromatic carbocycles. The highest BCUT2D eigenvalue weighted by Crippen LogP contribution is 2.57. The third kappa shape index (κ3) is 0.875. The maximum atomic E-state index is 14.0. The highest BCUT2D eigenvalue weighted by Gasteiger charge is 2.56. The van der Waals surface area contributed by atoms with Crippen molar-refractivity contribution in [3.63, 3.8) is 0 Å². The van der Waals surface area contributed by atoms with E-state index in [0.717, 1.165) is 25.7 Å². The minimum atomic E-state index is -0.862. The van der Waals surface area contributed by atoms with E-state index in [4.69, 9.17) is 5.73 Å². The van der Waals surface area contributed by atoms with Gasteiger partial charge in [-0.1, -0.05) is 0 Å². The highest BCUT2D eigenvalue weighted by molar-refractivity contribution is 5.11. The summed E-state index contributed by atoms with van der Waals surface area (Å²) in [6.45, 7) is 0. The molecule has 0 aromatic rings. The van der Waals surface area contributed by atoms with Crippen LogP contribution in [-0.4, -0.2) is 11.2 Å². The number of nitrogens with two attached hydrogens (primary N) is 1. The minimum absolute atomic E-state index is 0.112. The number of halogens is 1. The Morgan fingerprint density at radius 2 is 1.67 bits per heavy atom. The maximum absolute atomic E-state index is 14.0. The van der Waals surface area contributed by atoms with Crippen molar-refractivity contribution in [3.05, 3.63) is 0 Å². The summed E-state index contributed by atoms with van der Waals surface area (Å²) in [5.41, 5.74) is 5.19. The van der Waals surface area contributed by atoms with E-state index in [-0.39, 0.29) is 5.54 Å². The van der Waals surface area contributed by atoms with Crippen LogP contribution in [0.4, 0.5) is 4.39 Å². The van der Waals surface area contributed by atoms with Gasteiger partial charge in [0, 0.05) is 5.54 Å². The summed E-state index contributed by atoms with van der Waals surface area (Å²) in [4.78, 5) is 0. The Hall–Kier alpha value is -0.110. The average molecular weight is 169 g/mol. The predicted molar refractivity (Wildman–Crippen MR) is 45.4 cm³/mol. The van der Waals surface area contributed by atoms with E-state index in [0.29, 0.717) is 18.3 Å². The summed E-state index contributed by atoms with van der Waals surface area (Å²) >= 11 is 0. The fraction of sp³-hybridized carbons (Fsp3) is 1.00. The summed E-state index contributed by atoms with van der Waals surface area (Å²) in [5.74, 6) is 1.22. The Morgan fingerprint density at radius 1 is 1.08 bits per heavy atom. The molecule has 68 valence electrons. The Balaban J connectivity index is 1.98. The van der Waals surface area contributed by atoms with Gasteiger partial charge in [0.1, 0.15) is 5.67 Å². The van der Waals surface area contributed by atoms with Crippen molar-refractivity contribution < 1.29 is 4.39 Å². The average Bonchev–Trinajstić information content (AvgIpc) is 1.75. The first kappa shape index (κ1) is 7.31. The molecular weight excluding hydrogens is 153 g/mol. The van der Waals surface area contributed by atoms with E-state index in [1.54, 1.807) is 0 Å². The van der Waals surface area contributed by atoms with Gasteiger partial charge in [-0.15, -0.1) is 0 Å². The fourth-order valence-corrected chi connectivity index (χ4v) is 4.22. The maximum Gasteiger partial charge on any atom is 0.113 e. The summed E-state index contributed by atoms with van der Waals surface area (Å²) in [7, 11) is 0. The monoisotopic (exact) mass is 169 g/mol. The molecule has 4 aliphatic rings. The van der Waals surface area contributed by atoms with Crippen LogP contribution in [0, 0.1) is 11.8 Å². The van der Waals surface area contributed by atoms with Crippen LogP contribution in [0.1, 0.15) is 38.5 Å². The second kappa shape index (κ2) is 1.87. The third-order valence-electron chi connectivity index (χ3n) is 4.03. The van der Waals surface area contributed by atoms with Gasteiger partial charge < -0.3 is 5.73 Å². The molecule has 4 bridgehead atoms. The van der Waals surface area contributed by atoms with Gasteiger partial charge in [-0.25, -0.2) is 4.39 Å². The lowest BCUT2D eigenvalue weighted by Crippen LogP contribution is -2.61. The van der Waals surface area contributed by atoms with Crippen LogP contribution < -0.4 is 5.73 Å². The van der Waals surface area contributed by atoms with Gasteiger partial charge in [-0.2, -0.15) is 0 Å². The van der Waals surface area contributed by atoms with E-state index < -0.39 is 5.67 Å². The molecule has 0 radical (unpaired) electrons. The lowest BCUT2D eigenvalue weighted by Gasteiger charge is -2.57. The summed E-state index contributed by atoms with van der Waals surface area (Å²) in [6.07, 6.45) is 5.70. The summed E-state index contributed by atoms with van der Waals surface area (Å²) in [6, 6.07) is 0. The lowest BCUT2D eigenvalue weighted by atomic mass is 9.52. The second-order valence-electron chi connectivity index (χ2n) is 5.47. The first-order valence-corrected chi connectivity index (χ1v) is 5.05. The lowest BCUT2D eigenvalue weighted by molar-refractivity contribution is -0.0847. The first-order valence-electron chi connectivity index (χ1n) is 5.05. The second-order valence-corrected chi connectivity index (χ2v) is 5.47. The Bertz CT molecular complexity index is 192. The summed E-state index contributed by atoms with van der Waals surface area (Å²) < 4.78 is 14.0. The fourth-order valence-electron chi connectivity index (χ4n) is 4.22. The Kier molecular flexibility index (Phi) is 1.14. The molecule has 0 aliphatic heterocycles. The smallest absolute Gasteiger partial charge is 0.113 e. The van der Waals surface area contributed by atoms with Crippen LogP contribution in [0.5, 0.6) is 0 Å². The molecule has 4 atom stereocenters. The molecule has 0 aromatic heterocycles. The third-order valence-corrected chi connectivity index (χ3v) is 4.03. The van der Waals surface area contributed by atoms with Gasteiger partial charge in [-0.05, 0) is 50.4 Å². The molecule has 12 heavy (non-hydrogen) atoms. The van der Waals surface area contributed by atoms with Crippen molar-refractivity contribution >= 4 is 0 Å². The largest absolute Gasteiger partial charge is 0.325 e. The van der Waals surface area contributed by atoms with Crippen molar-refractivity contribution in [3.8, 4) is 0 Å². The molecule has 2 N–H and O–H groups in total. The van der Waals surface area contributed by atoms with Crippen molar-refractivity contribution in [2.75, 3.05) is 0 Å². The van der Waals surface area contributed by atoms with Gasteiger partial charge >= 0.3 is 0 Å². The van der Waals surface area contributed by atoms with Crippen LogP contribution in [-0.2, 0) is 0 Å². The van der Waals surface area contributed by atoms with Crippen molar-refractivity contribution in [1.82, 2.24) is 0 Å². The molecule has 1 nitrogen and oxygen atoms in total. The van der Waals surface area contributed by atoms with Crippen LogP contribution in [0.3, 0.4) is 0 Å². The van der Waals surface area contributed by atoms with Crippen LogP contribution >= 0.6 is 0 Å². The number of rotatable bonds is 0. The van der Waals surface area contributed by atoms with Crippen LogP contribution in [0.25, 0.3) is 0 Å². The zero-order chi connectivity index (χ0) is 8.40. The molecule has 0 saturated heterocycles. The van der Waals surface area contributed by atoms with Crippen molar-refractivity contribution in [1.29, 1.82) is 0 Å². The van der Waals surface area contributed by atoms with Gasteiger partial charge in [0.05, 0.1) is 0 Å². The highest BCUT2D eigenvalue weighted by atomic mass is 19.1. The molecule has 4 aliphatic carbocycles. The molecule has 0 heterocycles. The minimum Gasteiger partial charge on any atom is -0.325 e. The topological polar surface area (TPSA) is 26.0 Å². The molecule has 2 heteroatoms. The zero-order valence-electron chi connectivity index (χ0n) is 7.35. The van der Waals surface area contributed by atoms with Crippen LogP contribution in [0.2, 0.25) is 0 Å². The molecule has 0 spiro atoms. The predicted octanol–water partition coefficient (Wildman–Crippen LogP) is 2.01. The summed E-state index contributed by atoms with van der Waals surface area (Å²) in [5, 5.41) is 0. The Labute approximate surface area is 72.5 Å². The quantitative estimate of drug-likeness (QED) is 0.589. The van der Waals surface area contributed by atoms with Gasteiger partial charge in [0.25, 0.3) is 0 Å². The van der Waals surface area contributed by atoms with Crippen molar-refractivity contribution in [2.45, 2.75) is 49.7 Å². The SMILES string of the molecule is N[C@@]12C[C@H]3C[C@@H](C1)C[C@](F)(C3)C2. The van der Waals surface area contributed by atoms with Gasteiger partial charge in [0.2, 0.25) is 0 Å². The Morgan fingerprint density at radius 3 is 2.08 bits per heavy atom. The number of alkyl halides is 1. The molecule has 4 rings (SSSR count). The standard InChI is InChI=1S/C10H16FN/c11-9-2-7-1-8(3-9)5-10(12,4-7)6-9/h7-8H,1-6,12H2/t7-,8+,9+,10-. The molecule has 4 fully saturated rings. The number of hydrogen-bond donors (Lipinski definition) is 1. The number of hydrogen-bond acceptors (Lipinski definition) is 1. The zero-order valence-corrected chi connectivity index (χ0v) is 7.35. The first-order chi connectivity index (χ1) is 5.57. The molecule has 0 unspecified atom stereocenters.